The zero-order chi connectivity index (χ0) is 8.81. The smallest absolute Gasteiger partial charge is 0.181 e. The molecule has 0 spiro atoms. The van der Waals surface area contributed by atoms with E-state index in [0.29, 0.717) is 0 Å². The lowest BCUT2D eigenvalue weighted by atomic mass is 10.0. The first-order chi connectivity index (χ1) is 5.84. The van der Waals surface area contributed by atoms with E-state index in [1.54, 1.807) is 0 Å². The molecule has 0 fully saturated rings. The third-order valence-electron chi connectivity index (χ3n) is 2.00. The minimum atomic E-state index is 0.0709. The summed E-state index contributed by atoms with van der Waals surface area (Å²) in [7, 11) is 0. The van der Waals surface area contributed by atoms with Gasteiger partial charge in [0.05, 0.1) is 0 Å². The van der Waals surface area contributed by atoms with Gasteiger partial charge in [0.1, 0.15) is 0 Å². The van der Waals surface area contributed by atoms with Gasteiger partial charge in [-0.2, -0.15) is 0 Å². The Hall–Kier alpha value is -1.11. The van der Waals surface area contributed by atoms with Crippen LogP contribution in [0.5, 0.6) is 0 Å². The lowest BCUT2D eigenvalue weighted by Gasteiger charge is -2.04. The summed E-state index contributed by atoms with van der Waals surface area (Å²) in [4.78, 5) is 11.2. The molecule has 0 heterocycles. The lowest BCUT2D eigenvalue weighted by Crippen LogP contribution is -1.98. The molecule has 1 aliphatic rings. The standard InChI is InChI=1S/C11H14O/c1-2-11(12)10-8-6-4-3-5-7-9-10/h2,4,6,8H,1,3,5,7,9H2/b6-4-,10-8+. The second-order valence-corrected chi connectivity index (χ2v) is 2.93. The summed E-state index contributed by atoms with van der Waals surface area (Å²) in [5.74, 6) is 0.0709. The van der Waals surface area contributed by atoms with Crippen LogP contribution in [0.1, 0.15) is 25.7 Å². The Balaban J connectivity index is 2.70. The Bertz CT molecular complexity index is 233. The average Bonchev–Trinajstić information content (AvgIpc) is 2.02. The van der Waals surface area contributed by atoms with Gasteiger partial charge in [-0.15, -0.1) is 0 Å². The molecule has 0 radical (unpaired) electrons. The number of rotatable bonds is 2. The van der Waals surface area contributed by atoms with Gasteiger partial charge in [-0.1, -0.05) is 24.8 Å². The number of allylic oxidation sites excluding steroid dienone is 5. The maximum atomic E-state index is 11.2. The van der Waals surface area contributed by atoms with Crippen LogP contribution in [0.25, 0.3) is 0 Å². The molecule has 12 heavy (non-hydrogen) atoms. The number of carbonyl (C=O) groups excluding carboxylic acids is 1. The molecule has 0 aromatic heterocycles. The van der Waals surface area contributed by atoms with E-state index in [1.165, 1.54) is 12.5 Å². The number of hydrogen-bond donors (Lipinski definition) is 0. The predicted octanol–water partition coefficient (Wildman–Crippen LogP) is 2.80. The molecule has 1 rings (SSSR count). The summed E-state index contributed by atoms with van der Waals surface area (Å²) in [6.45, 7) is 3.48. The van der Waals surface area contributed by atoms with E-state index in [0.717, 1.165) is 24.8 Å². The van der Waals surface area contributed by atoms with E-state index in [1.807, 2.05) is 12.2 Å². The summed E-state index contributed by atoms with van der Waals surface area (Å²) >= 11 is 0. The average molecular weight is 162 g/mol. The van der Waals surface area contributed by atoms with Crippen LogP contribution in [0.4, 0.5) is 0 Å². The number of hydrogen-bond acceptors (Lipinski definition) is 1. The molecular weight excluding hydrogens is 148 g/mol. The van der Waals surface area contributed by atoms with Crippen molar-refractivity contribution in [3.05, 3.63) is 36.5 Å². The minimum absolute atomic E-state index is 0.0709. The van der Waals surface area contributed by atoms with E-state index in [9.17, 15) is 4.79 Å². The van der Waals surface area contributed by atoms with Crippen molar-refractivity contribution in [2.24, 2.45) is 0 Å². The van der Waals surface area contributed by atoms with Crippen molar-refractivity contribution < 1.29 is 4.79 Å². The molecule has 0 bridgehead atoms. The third kappa shape index (κ3) is 2.50. The van der Waals surface area contributed by atoms with E-state index in [4.69, 9.17) is 0 Å². The summed E-state index contributed by atoms with van der Waals surface area (Å²) in [6.07, 6.45) is 11.7. The van der Waals surface area contributed by atoms with Crippen LogP contribution < -0.4 is 0 Å². The Morgan fingerprint density at radius 1 is 1.50 bits per heavy atom. The summed E-state index contributed by atoms with van der Waals surface area (Å²) < 4.78 is 0. The highest BCUT2D eigenvalue weighted by Gasteiger charge is 2.04. The topological polar surface area (TPSA) is 17.1 Å². The van der Waals surface area contributed by atoms with Crippen LogP contribution in [0.15, 0.2) is 36.5 Å². The third-order valence-corrected chi connectivity index (χ3v) is 2.00. The largest absolute Gasteiger partial charge is 0.290 e. The molecule has 1 heteroatoms. The second kappa shape index (κ2) is 4.70. The van der Waals surface area contributed by atoms with E-state index in [2.05, 4.69) is 12.7 Å². The van der Waals surface area contributed by atoms with Gasteiger partial charge in [-0.3, -0.25) is 4.79 Å². The highest BCUT2D eigenvalue weighted by atomic mass is 16.1. The Labute approximate surface area is 73.5 Å². The first kappa shape index (κ1) is 8.98. The van der Waals surface area contributed by atoms with Crippen LogP contribution in [-0.2, 0) is 4.79 Å². The van der Waals surface area contributed by atoms with Gasteiger partial charge in [-0.05, 0) is 37.3 Å². The monoisotopic (exact) mass is 162 g/mol. The molecule has 0 N–H and O–H groups in total. The van der Waals surface area contributed by atoms with E-state index >= 15 is 0 Å². The van der Waals surface area contributed by atoms with Gasteiger partial charge < -0.3 is 0 Å². The van der Waals surface area contributed by atoms with E-state index < -0.39 is 0 Å². The van der Waals surface area contributed by atoms with Gasteiger partial charge >= 0.3 is 0 Å². The van der Waals surface area contributed by atoms with Crippen LogP contribution in [0, 0.1) is 0 Å². The molecule has 0 saturated heterocycles. The second-order valence-electron chi connectivity index (χ2n) is 2.93. The van der Waals surface area contributed by atoms with Crippen molar-refractivity contribution in [1.82, 2.24) is 0 Å². The molecule has 0 aliphatic heterocycles. The van der Waals surface area contributed by atoms with E-state index in [-0.39, 0.29) is 5.78 Å². The van der Waals surface area contributed by atoms with Crippen molar-refractivity contribution in [2.75, 3.05) is 0 Å². The van der Waals surface area contributed by atoms with Crippen molar-refractivity contribution in [2.45, 2.75) is 25.7 Å². The van der Waals surface area contributed by atoms with Gasteiger partial charge in [0, 0.05) is 0 Å². The first-order valence-electron chi connectivity index (χ1n) is 4.37. The quantitative estimate of drug-likeness (QED) is 0.570. The molecule has 1 aliphatic carbocycles. The molecule has 1 nitrogen and oxygen atoms in total. The van der Waals surface area contributed by atoms with Gasteiger partial charge in [0.2, 0.25) is 0 Å². The summed E-state index contributed by atoms with van der Waals surface area (Å²) in [6, 6.07) is 0. The molecule has 0 aromatic carbocycles. The summed E-state index contributed by atoms with van der Waals surface area (Å²) in [5, 5.41) is 0. The predicted molar refractivity (Wildman–Crippen MR) is 50.9 cm³/mol. The van der Waals surface area contributed by atoms with Gasteiger partial charge in [-0.25, -0.2) is 0 Å². The number of carbonyl (C=O) groups is 1. The maximum Gasteiger partial charge on any atom is 0.181 e. The van der Waals surface area contributed by atoms with Crippen molar-refractivity contribution in [1.29, 1.82) is 0 Å². The first-order valence-corrected chi connectivity index (χ1v) is 4.37. The Kier molecular flexibility index (Phi) is 3.52. The highest BCUT2D eigenvalue weighted by Crippen LogP contribution is 2.13. The molecule has 0 aromatic rings. The molecule has 0 atom stereocenters. The fourth-order valence-corrected chi connectivity index (χ4v) is 1.28. The minimum Gasteiger partial charge on any atom is -0.290 e. The zero-order valence-electron chi connectivity index (χ0n) is 7.25. The molecule has 0 unspecified atom stereocenters. The fourth-order valence-electron chi connectivity index (χ4n) is 1.28. The van der Waals surface area contributed by atoms with Crippen molar-refractivity contribution in [3.63, 3.8) is 0 Å². The van der Waals surface area contributed by atoms with Gasteiger partial charge in [0.15, 0.2) is 5.78 Å². The Morgan fingerprint density at radius 2 is 2.33 bits per heavy atom. The molecule has 64 valence electrons. The Morgan fingerprint density at radius 3 is 3.08 bits per heavy atom. The molecule has 0 saturated carbocycles. The van der Waals surface area contributed by atoms with Crippen LogP contribution in [0.3, 0.4) is 0 Å². The van der Waals surface area contributed by atoms with Crippen LogP contribution in [0.2, 0.25) is 0 Å². The van der Waals surface area contributed by atoms with Crippen LogP contribution in [-0.4, -0.2) is 5.78 Å². The SMILES string of the molecule is C=CC(=O)/C1=C/C=C\CCCC1. The fraction of sp³-hybridized carbons (Fsp3) is 0.364. The van der Waals surface area contributed by atoms with Crippen molar-refractivity contribution >= 4 is 5.78 Å². The highest BCUT2D eigenvalue weighted by molar-refractivity contribution is 6.03. The van der Waals surface area contributed by atoms with Crippen molar-refractivity contribution in [3.8, 4) is 0 Å². The molecular formula is C11H14O. The molecule has 0 amide bonds. The summed E-state index contributed by atoms with van der Waals surface area (Å²) in [5.41, 5.74) is 0.890. The normalized spacial score (nSPS) is 24.5. The lowest BCUT2D eigenvalue weighted by molar-refractivity contribution is -0.111. The number of ketones is 1. The van der Waals surface area contributed by atoms with Gasteiger partial charge in [0.25, 0.3) is 0 Å². The zero-order valence-corrected chi connectivity index (χ0v) is 7.25. The maximum absolute atomic E-state index is 11.2. The van der Waals surface area contributed by atoms with Crippen LogP contribution >= 0.6 is 0 Å².